The fourth-order valence-corrected chi connectivity index (χ4v) is 1.73. The van der Waals surface area contributed by atoms with Crippen LogP contribution in [0.2, 0.25) is 0 Å². The summed E-state index contributed by atoms with van der Waals surface area (Å²) in [5, 5.41) is 0. The van der Waals surface area contributed by atoms with Gasteiger partial charge in [-0.3, -0.25) is 20.6 Å². The number of nitrogens with one attached hydrogen (secondary N) is 1. The molecule has 6 nitrogen and oxygen atoms in total. The van der Waals surface area contributed by atoms with Crippen molar-refractivity contribution >= 4 is 11.6 Å². The number of nitrogens with zero attached hydrogens (tertiary/aromatic N) is 3. The van der Waals surface area contributed by atoms with E-state index in [1.165, 1.54) is 6.20 Å². The number of nitrogens with two attached hydrogens (primary N) is 1. The average molecular weight is 257 g/mol. The predicted octanol–water partition coefficient (Wildman–Crippen LogP) is 1.03. The van der Waals surface area contributed by atoms with Gasteiger partial charge in [0.2, 0.25) is 0 Å². The molecule has 0 radical (unpaired) electrons. The summed E-state index contributed by atoms with van der Waals surface area (Å²) in [6.45, 7) is 0.478. The van der Waals surface area contributed by atoms with Crippen LogP contribution < -0.4 is 11.3 Å². The fraction of sp³-hybridized carbons (Fsp3) is 0.154. The van der Waals surface area contributed by atoms with E-state index >= 15 is 0 Å². The largest absolute Gasteiger partial charge is 0.337 e. The molecule has 98 valence electrons. The SMILES string of the molecule is CN(Cc1cccnc1)C(=O)c1cnccc1NN. The normalized spacial score (nSPS) is 10.0. The third-order valence-corrected chi connectivity index (χ3v) is 2.70. The highest BCUT2D eigenvalue weighted by Gasteiger charge is 2.15. The molecule has 0 unspecified atom stereocenters. The van der Waals surface area contributed by atoms with Gasteiger partial charge in [-0.2, -0.15) is 0 Å². The van der Waals surface area contributed by atoms with Crippen LogP contribution in [0, 0.1) is 0 Å². The number of carbonyl (C=O) groups is 1. The second-order valence-electron chi connectivity index (χ2n) is 4.09. The molecular formula is C13H15N5O. The number of nitrogen functional groups attached to an aromatic ring is 1. The molecule has 0 spiro atoms. The number of hydrogen-bond acceptors (Lipinski definition) is 5. The van der Waals surface area contributed by atoms with Crippen molar-refractivity contribution < 1.29 is 4.79 Å². The van der Waals surface area contributed by atoms with Crippen LogP contribution in [0.25, 0.3) is 0 Å². The molecule has 3 N–H and O–H groups in total. The van der Waals surface area contributed by atoms with Crippen LogP contribution in [0.3, 0.4) is 0 Å². The maximum atomic E-state index is 12.3. The van der Waals surface area contributed by atoms with Gasteiger partial charge in [-0.1, -0.05) is 6.07 Å². The van der Waals surface area contributed by atoms with Gasteiger partial charge in [-0.05, 0) is 17.7 Å². The number of rotatable bonds is 4. The van der Waals surface area contributed by atoms with Crippen molar-refractivity contribution in [1.29, 1.82) is 0 Å². The number of anilines is 1. The smallest absolute Gasteiger partial charge is 0.257 e. The maximum absolute atomic E-state index is 12.3. The zero-order valence-corrected chi connectivity index (χ0v) is 10.6. The average Bonchev–Trinajstić information content (AvgIpc) is 2.47. The molecule has 1 amide bonds. The summed E-state index contributed by atoms with van der Waals surface area (Å²) >= 11 is 0. The first-order chi connectivity index (χ1) is 9.22. The summed E-state index contributed by atoms with van der Waals surface area (Å²) in [5.41, 5.74) is 4.45. The number of carbonyl (C=O) groups excluding carboxylic acids is 1. The molecule has 0 atom stereocenters. The Hall–Kier alpha value is -2.47. The molecule has 19 heavy (non-hydrogen) atoms. The van der Waals surface area contributed by atoms with Crippen LogP contribution in [-0.4, -0.2) is 27.8 Å². The van der Waals surface area contributed by atoms with Crippen molar-refractivity contribution in [2.75, 3.05) is 12.5 Å². The Bertz CT molecular complexity index is 558. The molecule has 2 aromatic rings. The molecule has 0 aliphatic carbocycles. The first kappa shape index (κ1) is 13.0. The molecule has 2 rings (SSSR count). The Labute approximate surface area is 111 Å². The summed E-state index contributed by atoms with van der Waals surface area (Å²) in [5.74, 6) is 5.23. The van der Waals surface area contributed by atoms with Gasteiger partial charge in [-0.15, -0.1) is 0 Å². The first-order valence-electron chi connectivity index (χ1n) is 5.77. The van der Waals surface area contributed by atoms with E-state index in [0.29, 0.717) is 17.8 Å². The van der Waals surface area contributed by atoms with Crippen LogP contribution in [0.15, 0.2) is 43.0 Å². The van der Waals surface area contributed by atoms with Gasteiger partial charge in [0.15, 0.2) is 0 Å². The van der Waals surface area contributed by atoms with Crippen molar-refractivity contribution in [1.82, 2.24) is 14.9 Å². The van der Waals surface area contributed by atoms with E-state index in [0.717, 1.165) is 5.56 Å². The Balaban J connectivity index is 2.15. The van der Waals surface area contributed by atoms with Gasteiger partial charge in [0, 0.05) is 38.4 Å². The van der Waals surface area contributed by atoms with Gasteiger partial charge in [0.25, 0.3) is 5.91 Å². The molecule has 0 aliphatic rings. The minimum absolute atomic E-state index is 0.148. The van der Waals surface area contributed by atoms with E-state index in [9.17, 15) is 4.79 Å². The molecule has 0 fully saturated rings. The van der Waals surface area contributed by atoms with Crippen molar-refractivity contribution in [3.63, 3.8) is 0 Å². The number of hydrogen-bond donors (Lipinski definition) is 2. The van der Waals surface area contributed by atoms with E-state index in [1.54, 1.807) is 36.6 Å². The zero-order valence-electron chi connectivity index (χ0n) is 10.6. The van der Waals surface area contributed by atoms with Crippen LogP contribution in [-0.2, 0) is 6.54 Å². The van der Waals surface area contributed by atoms with Gasteiger partial charge in [-0.25, -0.2) is 0 Å². The zero-order chi connectivity index (χ0) is 13.7. The summed E-state index contributed by atoms with van der Waals surface area (Å²) in [6.07, 6.45) is 6.50. The van der Waals surface area contributed by atoms with Gasteiger partial charge < -0.3 is 10.3 Å². The van der Waals surface area contributed by atoms with Crippen LogP contribution in [0.5, 0.6) is 0 Å². The number of pyridine rings is 2. The summed E-state index contributed by atoms with van der Waals surface area (Å²) in [4.78, 5) is 21.9. The van der Waals surface area contributed by atoms with Crippen molar-refractivity contribution in [2.24, 2.45) is 5.84 Å². The Morgan fingerprint density at radius 3 is 2.79 bits per heavy atom. The Morgan fingerprint density at radius 1 is 1.32 bits per heavy atom. The molecule has 0 saturated carbocycles. The van der Waals surface area contributed by atoms with Gasteiger partial charge >= 0.3 is 0 Å². The molecule has 0 aromatic carbocycles. The fourth-order valence-electron chi connectivity index (χ4n) is 1.73. The predicted molar refractivity (Wildman–Crippen MR) is 72.1 cm³/mol. The van der Waals surface area contributed by atoms with Gasteiger partial charge in [0.05, 0.1) is 11.3 Å². The first-order valence-corrected chi connectivity index (χ1v) is 5.77. The topological polar surface area (TPSA) is 84.1 Å². The molecule has 6 heteroatoms. The molecular weight excluding hydrogens is 242 g/mol. The summed E-state index contributed by atoms with van der Waals surface area (Å²) in [7, 11) is 1.72. The van der Waals surface area contributed by atoms with E-state index in [-0.39, 0.29) is 5.91 Å². The Morgan fingerprint density at radius 2 is 2.11 bits per heavy atom. The molecule has 2 aromatic heterocycles. The lowest BCUT2D eigenvalue weighted by molar-refractivity contribution is 0.0785. The quantitative estimate of drug-likeness (QED) is 0.631. The highest BCUT2D eigenvalue weighted by atomic mass is 16.2. The van der Waals surface area contributed by atoms with Crippen LogP contribution in [0.4, 0.5) is 5.69 Å². The minimum atomic E-state index is -0.148. The van der Waals surface area contributed by atoms with E-state index in [4.69, 9.17) is 5.84 Å². The minimum Gasteiger partial charge on any atom is -0.337 e. The standard InChI is InChI=1S/C13H15N5O/c1-18(9-10-3-2-5-15-7-10)13(19)11-8-16-6-4-12(11)17-14/h2-8H,9,14H2,1H3,(H,16,17). The molecule has 0 saturated heterocycles. The highest BCUT2D eigenvalue weighted by molar-refractivity contribution is 5.99. The van der Waals surface area contributed by atoms with Crippen LogP contribution >= 0.6 is 0 Å². The third-order valence-electron chi connectivity index (χ3n) is 2.70. The van der Waals surface area contributed by atoms with Crippen molar-refractivity contribution in [3.05, 3.63) is 54.1 Å². The third kappa shape index (κ3) is 3.05. The molecule has 0 bridgehead atoms. The Kier molecular flexibility index (Phi) is 4.04. The lowest BCUT2D eigenvalue weighted by Gasteiger charge is -2.18. The van der Waals surface area contributed by atoms with E-state index in [2.05, 4.69) is 15.4 Å². The summed E-state index contributed by atoms with van der Waals surface area (Å²) in [6, 6.07) is 5.41. The maximum Gasteiger partial charge on any atom is 0.257 e. The van der Waals surface area contributed by atoms with Crippen LogP contribution in [0.1, 0.15) is 15.9 Å². The lowest BCUT2D eigenvalue weighted by Crippen LogP contribution is -2.27. The summed E-state index contributed by atoms with van der Waals surface area (Å²) < 4.78 is 0. The molecule has 2 heterocycles. The van der Waals surface area contributed by atoms with E-state index < -0.39 is 0 Å². The highest BCUT2D eigenvalue weighted by Crippen LogP contribution is 2.15. The number of aromatic nitrogens is 2. The number of hydrazine groups is 1. The molecule has 0 aliphatic heterocycles. The monoisotopic (exact) mass is 257 g/mol. The lowest BCUT2D eigenvalue weighted by atomic mass is 10.2. The second kappa shape index (κ2) is 5.92. The van der Waals surface area contributed by atoms with Crippen molar-refractivity contribution in [2.45, 2.75) is 6.54 Å². The van der Waals surface area contributed by atoms with Gasteiger partial charge in [0.1, 0.15) is 0 Å². The van der Waals surface area contributed by atoms with E-state index in [1.807, 2.05) is 12.1 Å². The van der Waals surface area contributed by atoms with Crippen molar-refractivity contribution in [3.8, 4) is 0 Å². The second-order valence-corrected chi connectivity index (χ2v) is 4.09. The number of amides is 1.